The predicted molar refractivity (Wildman–Crippen MR) is 58.1 cm³/mol. The molecule has 0 fully saturated rings. The molecule has 0 heterocycles. The molecule has 0 amide bonds. The third-order valence-electron chi connectivity index (χ3n) is 1.92. The molecule has 2 heteroatoms. The van der Waals surface area contributed by atoms with Crippen LogP contribution in [0.4, 0.5) is 5.69 Å². The molecule has 0 radical (unpaired) electrons. The van der Waals surface area contributed by atoms with Crippen LogP contribution >= 0.6 is 0 Å². The molecule has 0 unspecified atom stereocenters. The van der Waals surface area contributed by atoms with Gasteiger partial charge in [0, 0.05) is 5.56 Å². The average Bonchev–Trinajstić information content (AvgIpc) is 2.16. The molecule has 13 heavy (non-hydrogen) atoms. The van der Waals surface area contributed by atoms with Crippen molar-refractivity contribution in [2.24, 2.45) is 5.84 Å². The molecule has 0 aliphatic heterocycles. The molecule has 1 aromatic rings. The zero-order valence-electron chi connectivity index (χ0n) is 7.80. The normalized spacial score (nSPS) is 9.38. The van der Waals surface area contributed by atoms with E-state index in [1.165, 1.54) is 0 Å². The molecule has 68 valence electrons. The highest BCUT2D eigenvalue weighted by Crippen LogP contribution is 2.25. The number of hydrazine groups is 1. The van der Waals surface area contributed by atoms with Crippen molar-refractivity contribution in [3.05, 3.63) is 48.6 Å². The summed E-state index contributed by atoms with van der Waals surface area (Å²) in [5.74, 6) is 5.37. The zero-order chi connectivity index (χ0) is 9.84. The Morgan fingerprint density at radius 1 is 1.31 bits per heavy atom. The number of hydrogen-bond donors (Lipinski definition) is 2. The first kappa shape index (κ1) is 9.55. The van der Waals surface area contributed by atoms with Crippen LogP contribution in [0.15, 0.2) is 43.0 Å². The lowest BCUT2D eigenvalue weighted by Gasteiger charge is -2.10. The zero-order valence-corrected chi connectivity index (χ0v) is 7.80. The van der Waals surface area contributed by atoms with Gasteiger partial charge in [-0.05, 0) is 18.6 Å². The molecule has 0 saturated heterocycles. The van der Waals surface area contributed by atoms with Gasteiger partial charge in [-0.25, -0.2) is 0 Å². The first-order valence-corrected chi connectivity index (χ1v) is 4.07. The van der Waals surface area contributed by atoms with Crippen molar-refractivity contribution in [3.8, 4) is 0 Å². The molecule has 0 saturated carbocycles. The van der Waals surface area contributed by atoms with Crippen LogP contribution in [0.5, 0.6) is 0 Å². The predicted octanol–water partition coefficient (Wildman–Crippen LogP) is 2.56. The Balaban J connectivity index is 3.13. The third kappa shape index (κ3) is 1.98. The van der Waals surface area contributed by atoms with Crippen LogP contribution in [0, 0.1) is 0 Å². The summed E-state index contributed by atoms with van der Waals surface area (Å²) in [5, 5.41) is 0. The van der Waals surface area contributed by atoms with Gasteiger partial charge in [-0.1, -0.05) is 36.9 Å². The van der Waals surface area contributed by atoms with Gasteiger partial charge in [-0.2, -0.15) is 0 Å². The number of para-hydroxylation sites is 1. The highest BCUT2D eigenvalue weighted by atomic mass is 15.2. The minimum atomic E-state index is 0.871. The summed E-state index contributed by atoms with van der Waals surface area (Å²) in [5.41, 5.74) is 6.36. The molecule has 0 bridgehead atoms. The Morgan fingerprint density at radius 2 is 1.92 bits per heavy atom. The Hall–Kier alpha value is -1.54. The lowest BCUT2D eigenvalue weighted by atomic mass is 10.0. The number of anilines is 1. The van der Waals surface area contributed by atoms with Crippen LogP contribution in [0.25, 0.3) is 5.57 Å². The molecule has 1 aromatic carbocycles. The summed E-state index contributed by atoms with van der Waals surface area (Å²) in [6.45, 7) is 9.70. The van der Waals surface area contributed by atoms with E-state index in [1.807, 2.05) is 31.2 Å². The number of rotatable bonds is 3. The second kappa shape index (κ2) is 3.92. The van der Waals surface area contributed by atoms with E-state index in [9.17, 15) is 0 Å². The maximum Gasteiger partial charge on any atom is 0.0563 e. The Bertz CT molecular complexity index is 340. The fourth-order valence-electron chi connectivity index (χ4n) is 1.10. The summed E-state index contributed by atoms with van der Waals surface area (Å²) in [4.78, 5) is 0. The van der Waals surface area contributed by atoms with E-state index in [0.717, 1.165) is 22.4 Å². The molecule has 0 spiro atoms. The fraction of sp³-hybridized carbons (Fsp3) is 0.0909. The van der Waals surface area contributed by atoms with Gasteiger partial charge < -0.3 is 5.43 Å². The van der Waals surface area contributed by atoms with E-state index in [-0.39, 0.29) is 0 Å². The van der Waals surface area contributed by atoms with Gasteiger partial charge in [0.15, 0.2) is 0 Å². The highest BCUT2D eigenvalue weighted by molar-refractivity contribution is 5.83. The van der Waals surface area contributed by atoms with E-state index in [4.69, 9.17) is 5.84 Å². The Kier molecular flexibility index (Phi) is 2.88. The summed E-state index contributed by atoms with van der Waals surface area (Å²) in [6.07, 6.45) is 0. The summed E-state index contributed by atoms with van der Waals surface area (Å²) < 4.78 is 0. The minimum absolute atomic E-state index is 0.871. The van der Waals surface area contributed by atoms with Crippen molar-refractivity contribution in [2.75, 3.05) is 5.43 Å². The maximum atomic E-state index is 5.37. The van der Waals surface area contributed by atoms with Crippen molar-refractivity contribution in [1.82, 2.24) is 0 Å². The van der Waals surface area contributed by atoms with Gasteiger partial charge >= 0.3 is 0 Å². The van der Waals surface area contributed by atoms with Gasteiger partial charge in [0.2, 0.25) is 0 Å². The Morgan fingerprint density at radius 3 is 2.46 bits per heavy atom. The number of hydrogen-bond acceptors (Lipinski definition) is 2. The summed E-state index contributed by atoms with van der Waals surface area (Å²) >= 11 is 0. The van der Waals surface area contributed by atoms with E-state index < -0.39 is 0 Å². The number of nitrogens with one attached hydrogen (secondary N) is 1. The second-order valence-electron chi connectivity index (χ2n) is 2.95. The van der Waals surface area contributed by atoms with E-state index in [2.05, 4.69) is 18.6 Å². The van der Waals surface area contributed by atoms with Crippen LogP contribution in [0.2, 0.25) is 0 Å². The van der Waals surface area contributed by atoms with Crippen molar-refractivity contribution in [1.29, 1.82) is 0 Å². The smallest absolute Gasteiger partial charge is 0.0563 e. The largest absolute Gasteiger partial charge is 0.324 e. The van der Waals surface area contributed by atoms with Crippen molar-refractivity contribution >= 4 is 11.3 Å². The van der Waals surface area contributed by atoms with Crippen LogP contribution < -0.4 is 11.3 Å². The molecular weight excluding hydrogens is 160 g/mol. The van der Waals surface area contributed by atoms with Crippen molar-refractivity contribution in [2.45, 2.75) is 6.92 Å². The first-order valence-electron chi connectivity index (χ1n) is 4.07. The SMILES string of the molecule is C=C(C)C(=C)c1ccccc1NN. The number of nitrogen functional groups attached to an aromatic ring is 1. The molecular formula is C11H14N2. The van der Waals surface area contributed by atoms with Gasteiger partial charge in [0.25, 0.3) is 0 Å². The van der Waals surface area contributed by atoms with Crippen molar-refractivity contribution in [3.63, 3.8) is 0 Å². The second-order valence-corrected chi connectivity index (χ2v) is 2.95. The number of nitrogens with two attached hydrogens (primary N) is 1. The average molecular weight is 174 g/mol. The summed E-state index contributed by atoms with van der Waals surface area (Å²) in [6, 6.07) is 7.74. The number of benzene rings is 1. The maximum absolute atomic E-state index is 5.37. The van der Waals surface area contributed by atoms with E-state index in [1.54, 1.807) is 0 Å². The highest BCUT2D eigenvalue weighted by Gasteiger charge is 2.03. The fourth-order valence-corrected chi connectivity index (χ4v) is 1.10. The molecule has 1 rings (SSSR count). The topological polar surface area (TPSA) is 38.0 Å². The first-order chi connectivity index (χ1) is 6.16. The van der Waals surface area contributed by atoms with Gasteiger partial charge in [-0.3, -0.25) is 5.84 Å². The van der Waals surface area contributed by atoms with Gasteiger partial charge in [0.1, 0.15) is 0 Å². The minimum Gasteiger partial charge on any atom is -0.324 e. The molecule has 2 nitrogen and oxygen atoms in total. The van der Waals surface area contributed by atoms with E-state index in [0.29, 0.717) is 0 Å². The van der Waals surface area contributed by atoms with E-state index >= 15 is 0 Å². The van der Waals surface area contributed by atoms with Gasteiger partial charge in [-0.15, -0.1) is 0 Å². The molecule has 3 N–H and O–H groups in total. The number of allylic oxidation sites excluding steroid dienone is 2. The monoisotopic (exact) mass is 174 g/mol. The van der Waals surface area contributed by atoms with Gasteiger partial charge in [0.05, 0.1) is 5.69 Å². The van der Waals surface area contributed by atoms with Crippen LogP contribution in [-0.2, 0) is 0 Å². The van der Waals surface area contributed by atoms with Crippen molar-refractivity contribution < 1.29 is 0 Å². The molecule has 0 aliphatic carbocycles. The van der Waals surface area contributed by atoms with Crippen LogP contribution in [-0.4, -0.2) is 0 Å². The quantitative estimate of drug-likeness (QED) is 0.420. The van der Waals surface area contributed by atoms with Crippen LogP contribution in [0.3, 0.4) is 0 Å². The lowest BCUT2D eigenvalue weighted by Crippen LogP contribution is -2.08. The lowest BCUT2D eigenvalue weighted by molar-refractivity contribution is 1.34. The summed E-state index contributed by atoms with van der Waals surface area (Å²) in [7, 11) is 0. The molecule has 0 atom stereocenters. The van der Waals surface area contributed by atoms with Crippen LogP contribution in [0.1, 0.15) is 12.5 Å². The third-order valence-corrected chi connectivity index (χ3v) is 1.92. The Labute approximate surface area is 78.7 Å². The molecule has 0 aromatic heterocycles. The molecule has 0 aliphatic rings. The standard InChI is InChI=1S/C11H14N2/c1-8(2)9(3)10-6-4-5-7-11(10)13-12/h4-7,13H,1,3,12H2,2H3.